The molecular weight excluding hydrogens is 312 g/mol. The van der Waals surface area contributed by atoms with Gasteiger partial charge in [-0.25, -0.2) is 0 Å². The zero-order valence-corrected chi connectivity index (χ0v) is 14.9. The van der Waals surface area contributed by atoms with Crippen molar-refractivity contribution in [3.8, 4) is 0 Å². The molecule has 4 rings (SSSR count). The van der Waals surface area contributed by atoms with Crippen LogP contribution >= 0.6 is 0 Å². The molecule has 0 amide bonds. The molecule has 25 heavy (non-hydrogen) atoms. The van der Waals surface area contributed by atoms with E-state index in [1.807, 2.05) is 24.5 Å². The summed E-state index contributed by atoms with van der Waals surface area (Å²) in [5.41, 5.74) is 3.89. The van der Waals surface area contributed by atoms with Crippen molar-refractivity contribution in [2.75, 3.05) is 26.3 Å². The minimum Gasteiger partial charge on any atom is -0.376 e. The summed E-state index contributed by atoms with van der Waals surface area (Å²) in [5, 5.41) is 0. The monoisotopic (exact) mass is 338 g/mol. The van der Waals surface area contributed by atoms with Crippen molar-refractivity contribution in [3.63, 3.8) is 0 Å². The Morgan fingerprint density at radius 3 is 2.64 bits per heavy atom. The quantitative estimate of drug-likeness (QED) is 0.810. The molecule has 1 aromatic carbocycles. The number of pyridine rings is 1. The van der Waals surface area contributed by atoms with Crippen LogP contribution in [-0.2, 0) is 22.6 Å². The van der Waals surface area contributed by atoms with Gasteiger partial charge in [0.25, 0.3) is 0 Å². The Hall–Kier alpha value is -1.75. The number of hydrogen-bond donors (Lipinski definition) is 0. The summed E-state index contributed by atoms with van der Waals surface area (Å²) in [6.07, 6.45) is 4.73. The van der Waals surface area contributed by atoms with E-state index in [0.717, 1.165) is 39.3 Å². The third kappa shape index (κ3) is 3.76. The Kier molecular flexibility index (Phi) is 4.84. The highest BCUT2D eigenvalue weighted by Crippen LogP contribution is 2.40. The van der Waals surface area contributed by atoms with Gasteiger partial charge < -0.3 is 9.47 Å². The van der Waals surface area contributed by atoms with Crippen molar-refractivity contribution in [1.82, 2.24) is 9.88 Å². The molecule has 2 fully saturated rings. The van der Waals surface area contributed by atoms with Crippen molar-refractivity contribution < 1.29 is 9.47 Å². The molecule has 132 valence electrons. The number of likely N-dealkylation sites (tertiary alicyclic amines) is 1. The SMILES string of the molecule is Cc1ccc(CN2CC3(C2)OCCC3COCc2ccncc2)cc1. The molecule has 2 saturated heterocycles. The van der Waals surface area contributed by atoms with Crippen LogP contribution in [0.4, 0.5) is 0 Å². The fraction of sp³-hybridized carbons (Fsp3) is 0.476. The van der Waals surface area contributed by atoms with Crippen LogP contribution in [0.1, 0.15) is 23.1 Å². The van der Waals surface area contributed by atoms with Gasteiger partial charge in [-0.1, -0.05) is 29.8 Å². The molecule has 4 heteroatoms. The lowest BCUT2D eigenvalue weighted by Crippen LogP contribution is -2.64. The summed E-state index contributed by atoms with van der Waals surface area (Å²) in [4.78, 5) is 6.52. The summed E-state index contributed by atoms with van der Waals surface area (Å²) in [6.45, 7) is 7.47. The first kappa shape index (κ1) is 16.7. The Morgan fingerprint density at radius 1 is 1.12 bits per heavy atom. The van der Waals surface area contributed by atoms with Crippen LogP contribution in [0.25, 0.3) is 0 Å². The van der Waals surface area contributed by atoms with Crippen LogP contribution in [0.3, 0.4) is 0 Å². The summed E-state index contributed by atoms with van der Waals surface area (Å²) < 4.78 is 12.1. The van der Waals surface area contributed by atoms with E-state index >= 15 is 0 Å². The summed E-state index contributed by atoms with van der Waals surface area (Å²) >= 11 is 0. The number of hydrogen-bond acceptors (Lipinski definition) is 4. The van der Waals surface area contributed by atoms with Crippen LogP contribution in [0.2, 0.25) is 0 Å². The number of aryl methyl sites for hydroxylation is 1. The first-order valence-electron chi connectivity index (χ1n) is 9.12. The van der Waals surface area contributed by atoms with E-state index in [9.17, 15) is 0 Å². The van der Waals surface area contributed by atoms with Crippen molar-refractivity contribution in [2.45, 2.75) is 32.1 Å². The second kappa shape index (κ2) is 7.24. The number of nitrogens with zero attached hydrogens (tertiary/aromatic N) is 2. The number of rotatable bonds is 6. The third-order valence-corrected chi connectivity index (χ3v) is 5.45. The Balaban J connectivity index is 1.26. The van der Waals surface area contributed by atoms with Gasteiger partial charge in [-0.15, -0.1) is 0 Å². The molecule has 3 heterocycles. The van der Waals surface area contributed by atoms with E-state index in [0.29, 0.717) is 12.5 Å². The molecule has 0 saturated carbocycles. The topological polar surface area (TPSA) is 34.6 Å². The van der Waals surface area contributed by atoms with E-state index in [2.05, 4.69) is 41.1 Å². The number of aromatic nitrogens is 1. The molecule has 2 aliphatic heterocycles. The van der Waals surface area contributed by atoms with Crippen molar-refractivity contribution in [1.29, 1.82) is 0 Å². The van der Waals surface area contributed by atoms with Crippen LogP contribution < -0.4 is 0 Å². The molecule has 2 aliphatic rings. The maximum Gasteiger partial charge on any atom is 0.0985 e. The fourth-order valence-electron chi connectivity index (χ4n) is 3.94. The fourth-order valence-corrected chi connectivity index (χ4v) is 3.94. The normalized spacial score (nSPS) is 22.2. The molecule has 2 aromatic rings. The van der Waals surface area contributed by atoms with E-state index < -0.39 is 0 Å². The average Bonchev–Trinajstić information content (AvgIpc) is 3.01. The van der Waals surface area contributed by atoms with Gasteiger partial charge in [0, 0.05) is 44.6 Å². The summed E-state index contributed by atoms with van der Waals surface area (Å²) in [7, 11) is 0. The van der Waals surface area contributed by atoms with Gasteiger partial charge in [-0.2, -0.15) is 0 Å². The smallest absolute Gasteiger partial charge is 0.0985 e. The molecular formula is C21H26N2O2. The van der Waals surface area contributed by atoms with Gasteiger partial charge in [-0.3, -0.25) is 9.88 Å². The summed E-state index contributed by atoms with van der Waals surface area (Å²) in [6, 6.07) is 12.8. The maximum absolute atomic E-state index is 6.15. The molecule has 4 nitrogen and oxygen atoms in total. The highest BCUT2D eigenvalue weighted by Gasteiger charge is 2.52. The van der Waals surface area contributed by atoms with Crippen molar-refractivity contribution >= 4 is 0 Å². The Labute approximate surface area is 149 Å². The van der Waals surface area contributed by atoms with E-state index in [1.54, 1.807) is 0 Å². The van der Waals surface area contributed by atoms with E-state index in [4.69, 9.17) is 9.47 Å². The summed E-state index contributed by atoms with van der Waals surface area (Å²) in [5.74, 6) is 0.503. The maximum atomic E-state index is 6.15. The highest BCUT2D eigenvalue weighted by molar-refractivity contribution is 5.22. The first-order valence-corrected chi connectivity index (χ1v) is 9.12. The van der Waals surface area contributed by atoms with E-state index in [-0.39, 0.29) is 5.60 Å². The largest absolute Gasteiger partial charge is 0.376 e. The zero-order chi connectivity index (χ0) is 17.1. The number of ether oxygens (including phenoxy) is 2. The number of benzene rings is 1. The molecule has 0 radical (unpaired) electrons. The molecule has 1 unspecified atom stereocenters. The van der Waals surface area contributed by atoms with Crippen LogP contribution in [0.5, 0.6) is 0 Å². The van der Waals surface area contributed by atoms with Gasteiger partial charge in [0.05, 0.1) is 18.8 Å². The van der Waals surface area contributed by atoms with Gasteiger partial charge in [0.1, 0.15) is 0 Å². The lowest BCUT2D eigenvalue weighted by molar-refractivity contribution is -0.146. The molecule has 1 spiro atoms. The minimum absolute atomic E-state index is 0.0168. The molecule has 1 aromatic heterocycles. The van der Waals surface area contributed by atoms with Crippen LogP contribution in [-0.4, -0.2) is 41.8 Å². The first-order chi connectivity index (χ1) is 12.2. The second-order valence-corrected chi connectivity index (χ2v) is 7.40. The average molecular weight is 338 g/mol. The van der Waals surface area contributed by atoms with Gasteiger partial charge in [-0.05, 0) is 36.6 Å². The van der Waals surface area contributed by atoms with Crippen LogP contribution in [0, 0.1) is 12.8 Å². The third-order valence-electron chi connectivity index (χ3n) is 5.45. The predicted molar refractivity (Wildman–Crippen MR) is 97.1 cm³/mol. The van der Waals surface area contributed by atoms with Crippen molar-refractivity contribution in [2.24, 2.45) is 5.92 Å². The van der Waals surface area contributed by atoms with E-state index in [1.165, 1.54) is 16.7 Å². The molecule has 0 bridgehead atoms. The second-order valence-electron chi connectivity index (χ2n) is 7.40. The Morgan fingerprint density at radius 2 is 1.88 bits per heavy atom. The molecule has 0 N–H and O–H groups in total. The van der Waals surface area contributed by atoms with Gasteiger partial charge in [0.15, 0.2) is 0 Å². The zero-order valence-electron chi connectivity index (χ0n) is 14.9. The predicted octanol–water partition coefficient (Wildman–Crippen LogP) is 3.20. The van der Waals surface area contributed by atoms with Crippen LogP contribution in [0.15, 0.2) is 48.8 Å². The van der Waals surface area contributed by atoms with Gasteiger partial charge in [0.2, 0.25) is 0 Å². The lowest BCUT2D eigenvalue weighted by Gasteiger charge is -2.50. The molecule has 1 atom stereocenters. The minimum atomic E-state index is 0.0168. The van der Waals surface area contributed by atoms with Crippen molar-refractivity contribution in [3.05, 3.63) is 65.5 Å². The highest BCUT2D eigenvalue weighted by atomic mass is 16.5. The Bertz CT molecular complexity index is 681. The standard InChI is InChI=1S/C21H26N2O2/c1-17-2-4-18(5-3-17)12-23-15-21(16-23)20(8-11-25-21)14-24-13-19-6-9-22-10-7-19/h2-7,9-10,20H,8,11-16H2,1H3. The lowest BCUT2D eigenvalue weighted by atomic mass is 9.81. The molecule has 0 aliphatic carbocycles. The van der Waals surface area contributed by atoms with Gasteiger partial charge >= 0.3 is 0 Å².